The summed E-state index contributed by atoms with van der Waals surface area (Å²) < 4.78 is 0. The minimum atomic E-state index is 0.0492. The fourth-order valence-corrected chi connectivity index (χ4v) is 2.63. The number of likely N-dealkylation sites (N-methyl/N-ethyl adjacent to an activating group) is 1. The normalized spacial score (nSPS) is 20.3. The lowest BCUT2D eigenvalue weighted by Gasteiger charge is -2.17. The average Bonchev–Trinajstić information content (AvgIpc) is 3.10. The molecule has 3 rings (SSSR count). The standard InChI is InChI=1S/C15H17ClN4O/c1-20(7-6-10-2-4-11(16)5-3-10)15(21)13-8-12(13)14-17-9-18-19-14/h2-5,9,12-13H,6-8H2,1H3,(H,17,18,19)/t12-,13+/m0/s1. The van der Waals surface area contributed by atoms with Gasteiger partial charge in [0, 0.05) is 30.5 Å². The van der Waals surface area contributed by atoms with Crippen LogP contribution >= 0.6 is 11.6 Å². The van der Waals surface area contributed by atoms with Gasteiger partial charge in [-0.25, -0.2) is 4.98 Å². The van der Waals surface area contributed by atoms with Crippen molar-refractivity contribution < 1.29 is 4.79 Å². The van der Waals surface area contributed by atoms with E-state index < -0.39 is 0 Å². The van der Waals surface area contributed by atoms with Crippen molar-refractivity contribution in [3.05, 3.63) is 47.0 Å². The zero-order chi connectivity index (χ0) is 14.8. The van der Waals surface area contributed by atoms with Gasteiger partial charge in [-0.2, -0.15) is 5.10 Å². The molecule has 21 heavy (non-hydrogen) atoms. The lowest BCUT2D eigenvalue weighted by molar-refractivity contribution is -0.131. The molecule has 2 atom stereocenters. The number of amides is 1. The van der Waals surface area contributed by atoms with Crippen LogP contribution in [0, 0.1) is 5.92 Å². The van der Waals surface area contributed by atoms with Crippen LogP contribution in [0.3, 0.4) is 0 Å². The second-order valence-electron chi connectivity index (χ2n) is 5.46. The fourth-order valence-electron chi connectivity index (χ4n) is 2.50. The van der Waals surface area contributed by atoms with Crippen molar-refractivity contribution in [3.63, 3.8) is 0 Å². The number of carbonyl (C=O) groups is 1. The molecule has 0 spiro atoms. The van der Waals surface area contributed by atoms with Crippen LogP contribution < -0.4 is 0 Å². The van der Waals surface area contributed by atoms with Gasteiger partial charge >= 0.3 is 0 Å². The number of nitrogens with zero attached hydrogens (tertiary/aromatic N) is 3. The maximum Gasteiger partial charge on any atom is 0.226 e. The smallest absolute Gasteiger partial charge is 0.226 e. The summed E-state index contributed by atoms with van der Waals surface area (Å²) in [4.78, 5) is 18.3. The second-order valence-corrected chi connectivity index (χ2v) is 5.89. The molecular weight excluding hydrogens is 288 g/mol. The first-order chi connectivity index (χ1) is 10.1. The van der Waals surface area contributed by atoms with Gasteiger partial charge in [-0.15, -0.1) is 0 Å². The third-order valence-electron chi connectivity index (χ3n) is 3.92. The number of aromatic amines is 1. The molecule has 1 heterocycles. The van der Waals surface area contributed by atoms with Gasteiger partial charge in [0.15, 0.2) is 0 Å². The Labute approximate surface area is 128 Å². The Morgan fingerprint density at radius 1 is 1.43 bits per heavy atom. The second kappa shape index (κ2) is 5.85. The van der Waals surface area contributed by atoms with Crippen molar-refractivity contribution in [2.24, 2.45) is 5.92 Å². The minimum absolute atomic E-state index is 0.0492. The summed E-state index contributed by atoms with van der Waals surface area (Å²) in [5, 5.41) is 7.41. The van der Waals surface area contributed by atoms with Crippen LogP contribution in [0.15, 0.2) is 30.6 Å². The summed E-state index contributed by atoms with van der Waals surface area (Å²) in [5.74, 6) is 1.26. The van der Waals surface area contributed by atoms with Gasteiger partial charge in [-0.3, -0.25) is 9.89 Å². The fraction of sp³-hybridized carbons (Fsp3) is 0.400. The maximum absolute atomic E-state index is 12.3. The number of benzene rings is 1. The van der Waals surface area contributed by atoms with E-state index in [-0.39, 0.29) is 17.7 Å². The van der Waals surface area contributed by atoms with E-state index >= 15 is 0 Å². The molecule has 0 saturated heterocycles. The molecule has 0 unspecified atom stereocenters. The Balaban J connectivity index is 1.50. The quantitative estimate of drug-likeness (QED) is 0.921. The molecule has 1 aromatic heterocycles. The molecule has 0 bridgehead atoms. The van der Waals surface area contributed by atoms with Crippen LogP contribution in [0.4, 0.5) is 0 Å². The van der Waals surface area contributed by atoms with Gasteiger partial charge in [0.2, 0.25) is 5.91 Å². The van der Waals surface area contributed by atoms with E-state index in [1.54, 1.807) is 4.90 Å². The first-order valence-corrected chi connectivity index (χ1v) is 7.37. The molecule has 1 amide bonds. The van der Waals surface area contributed by atoms with Gasteiger partial charge in [0.05, 0.1) is 0 Å². The number of carbonyl (C=O) groups excluding carboxylic acids is 1. The molecular formula is C15H17ClN4O. The van der Waals surface area contributed by atoms with E-state index in [2.05, 4.69) is 15.2 Å². The van der Waals surface area contributed by atoms with Crippen LogP contribution in [-0.2, 0) is 11.2 Å². The number of aromatic nitrogens is 3. The van der Waals surface area contributed by atoms with Crippen LogP contribution in [0.5, 0.6) is 0 Å². The van der Waals surface area contributed by atoms with Crippen molar-refractivity contribution in [1.29, 1.82) is 0 Å². The molecule has 1 aliphatic carbocycles. The monoisotopic (exact) mass is 304 g/mol. The van der Waals surface area contributed by atoms with Crippen molar-refractivity contribution in [1.82, 2.24) is 20.1 Å². The molecule has 110 valence electrons. The molecule has 1 N–H and O–H groups in total. The highest BCUT2D eigenvalue weighted by molar-refractivity contribution is 6.30. The molecule has 6 heteroatoms. The molecule has 1 aliphatic rings. The Bertz CT molecular complexity index is 611. The van der Waals surface area contributed by atoms with E-state index in [9.17, 15) is 4.79 Å². The number of H-pyrrole nitrogens is 1. The van der Waals surface area contributed by atoms with Gasteiger partial charge in [-0.05, 0) is 30.5 Å². The zero-order valence-electron chi connectivity index (χ0n) is 11.8. The summed E-state index contributed by atoms with van der Waals surface area (Å²) in [6.45, 7) is 0.708. The minimum Gasteiger partial charge on any atom is -0.345 e. The van der Waals surface area contributed by atoms with Crippen LogP contribution in [-0.4, -0.2) is 39.6 Å². The number of rotatable bonds is 5. The van der Waals surface area contributed by atoms with E-state index in [4.69, 9.17) is 11.6 Å². The average molecular weight is 305 g/mol. The SMILES string of the molecule is CN(CCc1ccc(Cl)cc1)C(=O)[C@@H]1C[C@@H]1c1ncn[nH]1. The molecule has 1 aromatic carbocycles. The van der Waals surface area contributed by atoms with Crippen LogP contribution in [0.25, 0.3) is 0 Å². The summed E-state index contributed by atoms with van der Waals surface area (Å²) in [5.41, 5.74) is 1.18. The van der Waals surface area contributed by atoms with Gasteiger partial charge in [0.25, 0.3) is 0 Å². The lowest BCUT2D eigenvalue weighted by Crippen LogP contribution is -2.30. The molecule has 1 fully saturated rings. The zero-order valence-corrected chi connectivity index (χ0v) is 12.5. The Kier molecular flexibility index (Phi) is 3.92. The first-order valence-electron chi connectivity index (χ1n) is 7.00. The summed E-state index contributed by atoms with van der Waals surface area (Å²) in [7, 11) is 1.86. The summed E-state index contributed by atoms with van der Waals surface area (Å²) in [6, 6.07) is 7.74. The molecule has 5 nitrogen and oxygen atoms in total. The summed E-state index contributed by atoms with van der Waals surface area (Å²) in [6.07, 6.45) is 3.18. The lowest BCUT2D eigenvalue weighted by atomic mass is 10.1. The highest BCUT2D eigenvalue weighted by Crippen LogP contribution is 2.46. The Morgan fingerprint density at radius 3 is 2.86 bits per heavy atom. The van der Waals surface area contributed by atoms with Crippen LogP contribution in [0.2, 0.25) is 5.02 Å². The highest BCUT2D eigenvalue weighted by Gasteiger charge is 2.46. The number of nitrogens with one attached hydrogen (secondary N) is 1. The van der Waals surface area contributed by atoms with Crippen molar-refractivity contribution in [3.8, 4) is 0 Å². The Morgan fingerprint density at radius 2 is 2.19 bits per heavy atom. The van der Waals surface area contributed by atoms with E-state index in [1.165, 1.54) is 11.9 Å². The predicted octanol–water partition coefficient (Wildman–Crippen LogP) is 2.26. The maximum atomic E-state index is 12.3. The van der Waals surface area contributed by atoms with Crippen molar-refractivity contribution in [2.45, 2.75) is 18.8 Å². The van der Waals surface area contributed by atoms with Crippen LogP contribution in [0.1, 0.15) is 23.7 Å². The molecule has 0 aliphatic heterocycles. The number of halogens is 1. The van der Waals surface area contributed by atoms with Crippen molar-refractivity contribution >= 4 is 17.5 Å². The molecule has 2 aromatic rings. The van der Waals surface area contributed by atoms with Gasteiger partial charge < -0.3 is 4.90 Å². The highest BCUT2D eigenvalue weighted by atomic mass is 35.5. The third kappa shape index (κ3) is 3.24. The van der Waals surface area contributed by atoms with Gasteiger partial charge in [0.1, 0.15) is 12.2 Å². The predicted molar refractivity (Wildman–Crippen MR) is 80.0 cm³/mol. The van der Waals surface area contributed by atoms with E-state index in [0.717, 1.165) is 23.7 Å². The van der Waals surface area contributed by atoms with Gasteiger partial charge in [-0.1, -0.05) is 23.7 Å². The van der Waals surface area contributed by atoms with E-state index in [1.807, 2.05) is 31.3 Å². The first kappa shape index (κ1) is 14.1. The summed E-state index contributed by atoms with van der Waals surface area (Å²) >= 11 is 5.86. The number of hydrogen-bond acceptors (Lipinski definition) is 3. The number of hydrogen-bond donors (Lipinski definition) is 1. The largest absolute Gasteiger partial charge is 0.345 e. The topological polar surface area (TPSA) is 61.9 Å². The van der Waals surface area contributed by atoms with Crippen molar-refractivity contribution in [2.75, 3.05) is 13.6 Å². The van der Waals surface area contributed by atoms with E-state index in [0.29, 0.717) is 6.54 Å². The Hall–Kier alpha value is -1.88. The third-order valence-corrected chi connectivity index (χ3v) is 4.17. The molecule has 1 saturated carbocycles. The molecule has 0 radical (unpaired) electrons.